The normalized spacial score (nSPS) is 23.4. The Labute approximate surface area is 240 Å². The molecule has 3 aliphatic rings. The highest BCUT2D eigenvalue weighted by atomic mass is 32.2. The number of nitrogens with one attached hydrogen (secondary N) is 2. The van der Waals surface area contributed by atoms with E-state index in [-0.39, 0.29) is 16.9 Å². The van der Waals surface area contributed by atoms with Crippen LogP contribution in [0, 0.1) is 5.41 Å². The van der Waals surface area contributed by atoms with Crippen molar-refractivity contribution in [3.05, 3.63) is 96.1 Å². The summed E-state index contributed by atoms with van der Waals surface area (Å²) < 4.78 is 58.7. The number of alkyl carbamates (subject to hydrolysis) is 1. The molecule has 3 saturated heterocycles. The van der Waals surface area contributed by atoms with Crippen molar-refractivity contribution in [1.29, 1.82) is 0 Å². The summed E-state index contributed by atoms with van der Waals surface area (Å²) >= 11 is 0. The van der Waals surface area contributed by atoms with Gasteiger partial charge in [-0.1, -0.05) is 67.6 Å². The molecule has 0 saturated carbocycles. The number of amides is 1. The molecule has 41 heavy (non-hydrogen) atoms. The number of ether oxygens (including phenoxy) is 5. The lowest BCUT2D eigenvalue weighted by Crippen LogP contribution is -2.71. The van der Waals surface area contributed by atoms with Gasteiger partial charge in [0.1, 0.15) is 25.0 Å². The van der Waals surface area contributed by atoms with Crippen LogP contribution in [0.25, 0.3) is 0 Å². The molecule has 218 valence electrons. The Morgan fingerprint density at radius 2 is 1.39 bits per heavy atom. The van der Waals surface area contributed by atoms with Crippen molar-refractivity contribution in [1.82, 2.24) is 10.0 Å². The van der Waals surface area contributed by atoms with E-state index in [1.807, 2.05) is 67.6 Å². The number of fused-ring (bicyclic) bond motifs is 3. The Kier molecular flexibility index (Phi) is 8.62. The van der Waals surface area contributed by atoms with Crippen molar-refractivity contribution in [2.45, 2.75) is 50.0 Å². The minimum absolute atomic E-state index is 0.00118. The number of hydrogen-bond acceptors (Lipinski definition) is 8. The van der Waals surface area contributed by atoms with Crippen LogP contribution in [0.4, 0.5) is 4.79 Å². The molecule has 2 unspecified atom stereocenters. The van der Waals surface area contributed by atoms with Crippen LogP contribution in [-0.2, 0) is 42.2 Å². The summed E-state index contributed by atoms with van der Waals surface area (Å²) in [5, 5.41) is 2.70. The molecule has 11 heteroatoms. The molecule has 3 fully saturated rings. The Hall–Kier alpha value is -3.48. The van der Waals surface area contributed by atoms with Crippen LogP contribution in [0.1, 0.15) is 25.0 Å². The first-order chi connectivity index (χ1) is 19.7. The molecule has 3 aliphatic heterocycles. The van der Waals surface area contributed by atoms with Crippen LogP contribution in [0.15, 0.2) is 89.8 Å². The maximum absolute atomic E-state index is 13.5. The third kappa shape index (κ3) is 7.06. The van der Waals surface area contributed by atoms with Gasteiger partial charge in [-0.05, 0) is 42.3 Å². The van der Waals surface area contributed by atoms with Gasteiger partial charge in [0, 0.05) is 5.41 Å². The fourth-order valence-electron chi connectivity index (χ4n) is 4.55. The third-order valence-electron chi connectivity index (χ3n) is 6.97. The molecular weight excluding hydrogens is 548 g/mol. The van der Waals surface area contributed by atoms with Gasteiger partial charge in [0.05, 0.1) is 30.8 Å². The van der Waals surface area contributed by atoms with Crippen LogP contribution >= 0.6 is 0 Å². The van der Waals surface area contributed by atoms with Crippen molar-refractivity contribution in [2.75, 3.05) is 19.8 Å². The summed E-state index contributed by atoms with van der Waals surface area (Å²) in [6.07, 6.45) is -0.724. The lowest BCUT2D eigenvalue weighted by molar-refractivity contribution is -0.474. The van der Waals surface area contributed by atoms with Crippen molar-refractivity contribution in [3.63, 3.8) is 0 Å². The number of hydrogen-bond donors (Lipinski definition) is 2. The minimum atomic E-state index is -4.11. The topological polar surface area (TPSA) is 121 Å². The molecule has 2 N–H and O–H groups in total. The molecule has 3 aromatic carbocycles. The van der Waals surface area contributed by atoms with Crippen LogP contribution in [0.2, 0.25) is 0 Å². The average molecular weight is 583 g/mol. The van der Waals surface area contributed by atoms with E-state index in [0.29, 0.717) is 32.2 Å². The van der Waals surface area contributed by atoms with Gasteiger partial charge in [-0.15, -0.1) is 0 Å². The lowest BCUT2D eigenvalue weighted by Gasteiger charge is -2.53. The highest BCUT2D eigenvalue weighted by molar-refractivity contribution is 7.89. The number of carbonyl (C=O) groups excluding carboxylic acids is 1. The van der Waals surface area contributed by atoms with E-state index in [2.05, 4.69) is 10.0 Å². The molecule has 2 bridgehead atoms. The standard InChI is InChI=1S/C30H34N2O8S/c1-22(31-28(33)37-18-24-11-7-4-8-12-24)27(30-38-19-29(2,20-39-30)21-40-30)32-41(34,35)26-15-13-25(14-16-26)36-17-23-9-5-3-6-10-23/h3-16,22,27,32H,17-21H2,1-2H3,(H,31,33). The zero-order chi connectivity index (χ0) is 28.9. The number of sulfonamides is 1. The summed E-state index contributed by atoms with van der Waals surface area (Å²) in [5.74, 6) is -1.21. The molecule has 3 heterocycles. The van der Waals surface area contributed by atoms with Crippen LogP contribution in [-0.4, -0.2) is 52.4 Å². The molecule has 10 nitrogen and oxygen atoms in total. The second-order valence-corrected chi connectivity index (χ2v) is 12.3. The number of rotatable bonds is 11. The van der Waals surface area contributed by atoms with E-state index in [0.717, 1.165) is 11.1 Å². The fraction of sp³-hybridized carbons (Fsp3) is 0.367. The maximum Gasteiger partial charge on any atom is 0.407 e. The van der Waals surface area contributed by atoms with Crippen molar-refractivity contribution >= 4 is 16.1 Å². The van der Waals surface area contributed by atoms with Gasteiger partial charge in [-0.2, -0.15) is 4.72 Å². The van der Waals surface area contributed by atoms with Crippen molar-refractivity contribution in [3.8, 4) is 5.75 Å². The highest BCUT2D eigenvalue weighted by Gasteiger charge is 2.57. The molecule has 0 spiro atoms. The van der Waals surface area contributed by atoms with E-state index in [4.69, 9.17) is 23.7 Å². The van der Waals surface area contributed by atoms with Crippen LogP contribution < -0.4 is 14.8 Å². The van der Waals surface area contributed by atoms with Gasteiger partial charge in [0.2, 0.25) is 10.0 Å². The largest absolute Gasteiger partial charge is 0.489 e. The Morgan fingerprint density at radius 1 is 0.854 bits per heavy atom. The van der Waals surface area contributed by atoms with Crippen LogP contribution in [0.5, 0.6) is 5.75 Å². The van der Waals surface area contributed by atoms with Gasteiger partial charge < -0.3 is 29.0 Å². The van der Waals surface area contributed by atoms with E-state index in [9.17, 15) is 13.2 Å². The molecule has 0 aliphatic carbocycles. The molecule has 0 aromatic heterocycles. The third-order valence-corrected chi connectivity index (χ3v) is 8.43. The van der Waals surface area contributed by atoms with Crippen molar-refractivity contribution < 1.29 is 36.9 Å². The van der Waals surface area contributed by atoms with Gasteiger partial charge in [-0.3, -0.25) is 0 Å². The predicted molar refractivity (Wildman–Crippen MR) is 149 cm³/mol. The first kappa shape index (κ1) is 29.0. The number of benzene rings is 3. The minimum Gasteiger partial charge on any atom is -0.489 e. The zero-order valence-corrected chi connectivity index (χ0v) is 23.8. The molecule has 0 radical (unpaired) electrons. The Bertz CT molecular complexity index is 1390. The predicted octanol–water partition coefficient (Wildman–Crippen LogP) is 3.96. The summed E-state index contributed by atoms with van der Waals surface area (Å²) in [6.45, 7) is 4.92. The Balaban J connectivity index is 1.29. The van der Waals surface area contributed by atoms with E-state index in [1.54, 1.807) is 19.1 Å². The van der Waals surface area contributed by atoms with Gasteiger partial charge in [0.25, 0.3) is 0 Å². The van der Waals surface area contributed by atoms with Gasteiger partial charge >= 0.3 is 12.1 Å². The zero-order valence-electron chi connectivity index (χ0n) is 22.9. The monoisotopic (exact) mass is 582 g/mol. The maximum atomic E-state index is 13.5. The summed E-state index contributed by atoms with van der Waals surface area (Å²) in [5.41, 5.74) is 1.47. The first-order valence-corrected chi connectivity index (χ1v) is 14.8. The van der Waals surface area contributed by atoms with E-state index < -0.39 is 34.2 Å². The highest BCUT2D eigenvalue weighted by Crippen LogP contribution is 2.41. The van der Waals surface area contributed by atoms with Gasteiger partial charge in [0.15, 0.2) is 0 Å². The second-order valence-electron chi connectivity index (χ2n) is 10.6. The molecule has 6 rings (SSSR count). The molecule has 1 amide bonds. The molecule has 2 atom stereocenters. The lowest BCUT2D eigenvalue weighted by atomic mass is 9.90. The summed E-state index contributed by atoms with van der Waals surface area (Å²) in [6, 6.07) is 23.0. The Morgan fingerprint density at radius 3 is 1.95 bits per heavy atom. The van der Waals surface area contributed by atoms with E-state index in [1.165, 1.54) is 12.1 Å². The summed E-state index contributed by atoms with van der Waals surface area (Å²) in [7, 11) is -4.11. The average Bonchev–Trinajstić information content (AvgIpc) is 3.00. The smallest absolute Gasteiger partial charge is 0.407 e. The molecular formula is C30H34N2O8S. The molecule has 3 aromatic rings. The summed E-state index contributed by atoms with van der Waals surface area (Å²) in [4.78, 5) is 12.7. The second kappa shape index (κ2) is 12.2. The SMILES string of the molecule is CC(NC(=O)OCc1ccccc1)C(NS(=O)(=O)c1ccc(OCc2ccccc2)cc1)C12OCC(C)(CO1)CO2. The number of carbonyl (C=O) groups is 1. The quantitative estimate of drug-likeness (QED) is 0.349. The van der Waals surface area contributed by atoms with Crippen LogP contribution in [0.3, 0.4) is 0 Å². The first-order valence-electron chi connectivity index (χ1n) is 13.3. The fourth-order valence-corrected chi connectivity index (χ4v) is 5.86. The van der Waals surface area contributed by atoms with Crippen molar-refractivity contribution in [2.24, 2.45) is 5.41 Å². The van der Waals surface area contributed by atoms with Gasteiger partial charge in [-0.25, -0.2) is 13.2 Å². The van der Waals surface area contributed by atoms with E-state index >= 15 is 0 Å².